The van der Waals surface area contributed by atoms with Crippen molar-refractivity contribution in [3.8, 4) is 0 Å². The van der Waals surface area contributed by atoms with E-state index in [0.29, 0.717) is 0 Å². The van der Waals surface area contributed by atoms with Crippen molar-refractivity contribution in [1.29, 1.82) is 0 Å². The maximum Gasteiger partial charge on any atom is 0.238 e. The number of hydrogen-bond acceptors (Lipinski definition) is 3. The topological polar surface area (TPSA) is 73.1 Å². The van der Waals surface area contributed by atoms with Crippen molar-refractivity contribution in [2.45, 2.75) is 4.90 Å². The zero-order valence-electron chi connectivity index (χ0n) is 7.21. The molecule has 0 amide bonds. The molecule has 1 heterocycles. The molecule has 5 heteroatoms. The average Bonchev–Trinajstić information content (AvgIpc) is 2.16. The Hall–Kier alpha value is -1.46. The Labute approximate surface area is 81.4 Å². The SMILES string of the molecule is NS(=O)(=O)c1ccc2cnccc2c1. The summed E-state index contributed by atoms with van der Waals surface area (Å²) in [6.45, 7) is 0. The van der Waals surface area contributed by atoms with E-state index in [1.165, 1.54) is 12.1 Å². The van der Waals surface area contributed by atoms with Crippen LogP contribution in [0.3, 0.4) is 0 Å². The van der Waals surface area contributed by atoms with Crippen molar-refractivity contribution < 1.29 is 8.42 Å². The van der Waals surface area contributed by atoms with Crippen LogP contribution in [0.2, 0.25) is 0 Å². The lowest BCUT2D eigenvalue weighted by Crippen LogP contribution is -2.11. The van der Waals surface area contributed by atoms with Crippen LogP contribution >= 0.6 is 0 Å². The van der Waals surface area contributed by atoms with Gasteiger partial charge in [-0.1, -0.05) is 6.07 Å². The molecule has 2 aromatic rings. The molecule has 2 N–H and O–H groups in total. The monoisotopic (exact) mass is 208 g/mol. The summed E-state index contributed by atoms with van der Waals surface area (Å²) in [6, 6.07) is 6.43. The van der Waals surface area contributed by atoms with Crippen LogP contribution in [-0.4, -0.2) is 13.4 Å². The van der Waals surface area contributed by atoms with Gasteiger partial charge in [-0.05, 0) is 23.6 Å². The van der Waals surface area contributed by atoms with Crippen molar-refractivity contribution >= 4 is 20.8 Å². The Morgan fingerprint density at radius 3 is 2.64 bits per heavy atom. The van der Waals surface area contributed by atoms with E-state index in [2.05, 4.69) is 4.98 Å². The van der Waals surface area contributed by atoms with Crippen LogP contribution < -0.4 is 5.14 Å². The molecule has 0 aliphatic heterocycles. The van der Waals surface area contributed by atoms with E-state index in [-0.39, 0.29) is 4.90 Å². The Morgan fingerprint density at radius 2 is 1.93 bits per heavy atom. The maximum absolute atomic E-state index is 11.0. The van der Waals surface area contributed by atoms with Crippen LogP contribution in [-0.2, 0) is 10.0 Å². The van der Waals surface area contributed by atoms with Gasteiger partial charge in [0, 0.05) is 17.8 Å². The second-order valence-corrected chi connectivity index (χ2v) is 4.49. The van der Waals surface area contributed by atoms with E-state index in [4.69, 9.17) is 5.14 Å². The number of nitrogens with two attached hydrogens (primary N) is 1. The van der Waals surface area contributed by atoms with E-state index in [1.54, 1.807) is 24.5 Å². The minimum Gasteiger partial charge on any atom is -0.264 e. The molecule has 0 radical (unpaired) electrons. The summed E-state index contributed by atoms with van der Waals surface area (Å²) >= 11 is 0. The van der Waals surface area contributed by atoms with Crippen LogP contribution in [0.1, 0.15) is 0 Å². The van der Waals surface area contributed by atoms with E-state index in [0.717, 1.165) is 10.8 Å². The van der Waals surface area contributed by atoms with Gasteiger partial charge < -0.3 is 0 Å². The summed E-state index contributed by atoms with van der Waals surface area (Å²) in [4.78, 5) is 4.05. The Balaban J connectivity index is 2.75. The van der Waals surface area contributed by atoms with Crippen LogP contribution in [0.15, 0.2) is 41.6 Å². The predicted octanol–water partition coefficient (Wildman–Crippen LogP) is 0.882. The van der Waals surface area contributed by atoms with Crippen molar-refractivity contribution in [1.82, 2.24) is 4.98 Å². The normalized spacial score (nSPS) is 11.8. The van der Waals surface area contributed by atoms with E-state index < -0.39 is 10.0 Å². The highest BCUT2D eigenvalue weighted by Crippen LogP contribution is 2.16. The molecule has 0 aliphatic rings. The number of pyridine rings is 1. The molecule has 72 valence electrons. The molecule has 0 spiro atoms. The summed E-state index contributed by atoms with van der Waals surface area (Å²) in [5.74, 6) is 0. The van der Waals surface area contributed by atoms with Gasteiger partial charge in [-0.15, -0.1) is 0 Å². The highest BCUT2D eigenvalue weighted by atomic mass is 32.2. The van der Waals surface area contributed by atoms with Gasteiger partial charge in [-0.2, -0.15) is 0 Å². The van der Waals surface area contributed by atoms with Gasteiger partial charge in [0.1, 0.15) is 0 Å². The van der Waals surface area contributed by atoms with Crippen LogP contribution in [0.4, 0.5) is 0 Å². The third-order valence-electron chi connectivity index (χ3n) is 1.94. The molecule has 14 heavy (non-hydrogen) atoms. The molecule has 0 saturated carbocycles. The summed E-state index contributed by atoms with van der Waals surface area (Å²) < 4.78 is 22.1. The molecule has 1 aromatic heterocycles. The lowest BCUT2D eigenvalue weighted by atomic mass is 10.2. The Bertz CT molecular complexity index is 578. The second-order valence-electron chi connectivity index (χ2n) is 2.93. The van der Waals surface area contributed by atoms with Gasteiger partial charge in [0.15, 0.2) is 0 Å². The highest BCUT2D eigenvalue weighted by Gasteiger charge is 2.07. The number of aromatic nitrogens is 1. The molecule has 0 unspecified atom stereocenters. The number of benzene rings is 1. The van der Waals surface area contributed by atoms with Gasteiger partial charge in [0.25, 0.3) is 0 Å². The predicted molar refractivity (Wildman–Crippen MR) is 53.1 cm³/mol. The first-order chi connectivity index (χ1) is 6.57. The molecule has 2 rings (SSSR count). The fourth-order valence-electron chi connectivity index (χ4n) is 1.24. The lowest BCUT2D eigenvalue weighted by molar-refractivity contribution is 0.598. The molecule has 1 aromatic carbocycles. The number of primary sulfonamides is 1. The lowest BCUT2D eigenvalue weighted by Gasteiger charge is -2.00. The van der Waals surface area contributed by atoms with Crippen molar-refractivity contribution in [2.24, 2.45) is 5.14 Å². The first-order valence-electron chi connectivity index (χ1n) is 3.94. The molecular formula is C9H8N2O2S. The summed E-state index contributed by atoms with van der Waals surface area (Å²) in [6.07, 6.45) is 3.28. The van der Waals surface area contributed by atoms with Crippen LogP contribution in [0.5, 0.6) is 0 Å². The van der Waals surface area contributed by atoms with Gasteiger partial charge in [-0.25, -0.2) is 13.6 Å². The zero-order valence-corrected chi connectivity index (χ0v) is 8.03. The Kier molecular flexibility index (Phi) is 1.98. The molecule has 0 atom stereocenters. The van der Waals surface area contributed by atoms with Crippen molar-refractivity contribution in [2.75, 3.05) is 0 Å². The fourth-order valence-corrected chi connectivity index (χ4v) is 1.79. The minimum atomic E-state index is -3.61. The van der Waals surface area contributed by atoms with Crippen molar-refractivity contribution in [3.05, 3.63) is 36.7 Å². The quantitative estimate of drug-likeness (QED) is 0.756. The standard InChI is InChI=1S/C9H8N2O2S/c10-14(12,13)9-2-1-8-6-11-4-3-7(8)5-9/h1-6H,(H2,10,12,13). The van der Waals surface area contributed by atoms with E-state index in [9.17, 15) is 8.42 Å². The van der Waals surface area contributed by atoms with Crippen LogP contribution in [0, 0.1) is 0 Å². The number of fused-ring (bicyclic) bond motifs is 1. The van der Waals surface area contributed by atoms with E-state index in [1.807, 2.05) is 0 Å². The third kappa shape index (κ3) is 1.59. The number of rotatable bonds is 1. The zero-order chi connectivity index (χ0) is 10.2. The van der Waals surface area contributed by atoms with Crippen molar-refractivity contribution in [3.63, 3.8) is 0 Å². The van der Waals surface area contributed by atoms with Gasteiger partial charge in [0.05, 0.1) is 4.90 Å². The minimum absolute atomic E-state index is 0.121. The fraction of sp³-hybridized carbons (Fsp3) is 0. The smallest absolute Gasteiger partial charge is 0.238 e. The first-order valence-corrected chi connectivity index (χ1v) is 5.48. The highest BCUT2D eigenvalue weighted by molar-refractivity contribution is 7.89. The average molecular weight is 208 g/mol. The largest absolute Gasteiger partial charge is 0.264 e. The van der Waals surface area contributed by atoms with Crippen LogP contribution in [0.25, 0.3) is 10.8 Å². The van der Waals surface area contributed by atoms with E-state index >= 15 is 0 Å². The third-order valence-corrected chi connectivity index (χ3v) is 2.85. The molecule has 0 saturated heterocycles. The summed E-state index contributed by atoms with van der Waals surface area (Å²) in [5.41, 5.74) is 0. The molecule has 0 aliphatic carbocycles. The molecule has 0 bridgehead atoms. The Morgan fingerprint density at radius 1 is 1.14 bits per heavy atom. The second kappa shape index (κ2) is 3.04. The number of sulfonamides is 1. The summed E-state index contributed by atoms with van der Waals surface area (Å²) in [5, 5.41) is 6.70. The first kappa shape index (κ1) is 9.11. The molecular weight excluding hydrogens is 200 g/mol. The molecule has 4 nitrogen and oxygen atoms in total. The maximum atomic E-state index is 11.0. The van der Waals surface area contributed by atoms with Gasteiger partial charge in [-0.3, -0.25) is 4.98 Å². The van der Waals surface area contributed by atoms with Gasteiger partial charge in [0.2, 0.25) is 10.0 Å². The summed E-state index contributed by atoms with van der Waals surface area (Å²) in [7, 11) is -3.61. The number of nitrogens with zero attached hydrogens (tertiary/aromatic N) is 1. The number of hydrogen-bond donors (Lipinski definition) is 1. The van der Waals surface area contributed by atoms with Gasteiger partial charge >= 0.3 is 0 Å². The molecule has 0 fully saturated rings.